The molecule has 0 aromatic heterocycles. The summed E-state index contributed by atoms with van der Waals surface area (Å²) in [7, 11) is 0. The van der Waals surface area contributed by atoms with Gasteiger partial charge in [-0.15, -0.1) is 0 Å². The number of halogens is 1. The molecule has 0 atom stereocenters. The van der Waals surface area contributed by atoms with E-state index in [9.17, 15) is 4.79 Å². The summed E-state index contributed by atoms with van der Waals surface area (Å²) in [5.41, 5.74) is 0.898. The fourth-order valence-corrected chi connectivity index (χ4v) is 1.85. The number of hydrogen-bond donors (Lipinski definition) is 1. The lowest BCUT2D eigenvalue weighted by atomic mass is 10.1. The summed E-state index contributed by atoms with van der Waals surface area (Å²) in [4.78, 5) is 11.9. The van der Waals surface area contributed by atoms with Crippen LogP contribution in [-0.2, 0) is 4.79 Å². The molecular formula is C16H19ClN2O. The molecule has 1 rings (SSSR count). The second kappa shape index (κ2) is 9.17. The molecule has 0 aliphatic heterocycles. The normalized spacial score (nSPS) is 10.9. The molecule has 0 aliphatic carbocycles. The molecule has 0 aliphatic rings. The van der Waals surface area contributed by atoms with Gasteiger partial charge in [0.15, 0.2) is 0 Å². The zero-order valence-corrected chi connectivity index (χ0v) is 12.4. The van der Waals surface area contributed by atoms with Gasteiger partial charge in [0.1, 0.15) is 11.6 Å². The van der Waals surface area contributed by atoms with Gasteiger partial charge in [-0.3, -0.25) is 4.79 Å². The highest BCUT2D eigenvalue weighted by Crippen LogP contribution is 2.12. The molecule has 0 fully saturated rings. The molecular weight excluding hydrogens is 272 g/mol. The van der Waals surface area contributed by atoms with Crippen LogP contribution in [0, 0.1) is 11.3 Å². The number of nitriles is 1. The summed E-state index contributed by atoms with van der Waals surface area (Å²) < 4.78 is 0. The second-order valence-electron chi connectivity index (χ2n) is 4.54. The van der Waals surface area contributed by atoms with Crippen molar-refractivity contribution in [3.05, 3.63) is 40.4 Å². The smallest absolute Gasteiger partial charge is 0.261 e. The van der Waals surface area contributed by atoms with E-state index in [-0.39, 0.29) is 11.5 Å². The molecule has 1 amide bonds. The van der Waals surface area contributed by atoms with Gasteiger partial charge in [-0.05, 0) is 30.2 Å². The van der Waals surface area contributed by atoms with Crippen LogP contribution >= 0.6 is 11.6 Å². The Labute approximate surface area is 125 Å². The largest absolute Gasteiger partial charge is 0.351 e. The third kappa shape index (κ3) is 5.90. The van der Waals surface area contributed by atoms with Crippen molar-refractivity contribution in [1.29, 1.82) is 5.26 Å². The van der Waals surface area contributed by atoms with Crippen molar-refractivity contribution in [2.24, 2.45) is 0 Å². The Morgan fingerprint density at radius 2 is 2.00 bits per heavy atom. The Morgan fingerprint density at radius 3 is 2.60 bits per heavy atom. The van der Waals surface area contributed by atoms with Crippen LogP contribution in [0.4, 0.5) is 0 Å². The first-order valence-corrected chi connectivity index (χ1v) is 7.20. The SMILES string of the molecule is CCCCCCNC(=O)/C(C#N)=C\c1ccc(Cl)cc1. The topological polar surface area (TPSA) is 52.9 Å². The minimum Gasteiger partial charge on any atom is -0.351 e. The lowest BCUT2D eigenvalue weighted by Crippen LogP contribution is -2.25. The third-order valence-electron chi connectivity index (χ3n) is 2.86. The van der Waals surface area contributed by atoms with Crippen molar-refractivity contribution < 1.29 is 4.79 Å². The summed E-state index contributed by atoms with van der Waals surface area (Å²) >= 11 is 5.79. The molecule has 0 heterocycles. The van der Waals surface area contributed by atoms with Crippen LogP contribution in [0.1, 0.15) is 38.2 Å². The summed E-state index contributed by atoms with van der Waals surface area (Å²) in [5.74, 6) is -0.320. The van der Waals surface area contributed by atoms with Gasteiger partial charge in [0.05, 0.1) is 0 Å². The highest BCUT2D eigenvalue weighted by atomic mass is 35.5. The van der Waals surface area contributed by atoms with E-state index in [1.54, 1.807) is 30.3 Å². The van der Waals surface area contributed by atoms with Crippen LogP contribution in [0.3, 0.4) is 0 Å². The maximum absolute atomic E-state index is 11.9. The maximum Gasteiger partial charge on any atom is 0.261 e. The van der Waals surface area contributed by atoms with E-state index in [2.05, 4.69) is 12.2 Å². The number of amides is 1. The van der Waals surface area contributed by atoms with Crippen molar-refractivity contribution in [3.8, 4) is 6.07 Å². The Balaban J connectivity index is 2.55. The zero-order chi connectivity index (χ0) is 14.8. The van der Waals surface area contributed by atoms with E-state index in [0.717, 1.165) is 24.8 Å². The molecule has 0 unspecified atom stereocenters. The average molecular weight is 291 g/mol. The number of rotatable bonds is 7. The summed E-state index contributed by atoms with van der Waals surface area (Å²) in [6, 6.07) is 8.93. The Kier molecular flexibility index (Phi) is 7.46. The van der Waals surface area contributed by atoms with E-state index in [1.165, 1.54) is 6.42 Å². The minimum atomic E-state index is -0.320. The first-order chi connectivity index (χ1) is 9.67. The monoisotopic (exact) mass is 290 g/mol. The van der Waals surface area contributed by atoms with Crippen molar-refractivity contribution >= 4 is 23.6 Å². The van der Waals surface area contributed by atoms with E-state index >= 15 is 0 Å². The molecule has 0 saturated carbocycles. The predicted octanol–water partition coefficient (Wildman–Crippen LogP) is 3.94. The molecule has 106 valence electrons. The van der Waals surface area contributed by atoms with E-state index in [1.807, 2.05) is 6.07 Å². The zero-order valence-electron chi connectivity index (χ0n) is 11.7. The molecule has 20 heavy (non-hydrogen) atoms. The molecule has 0 saturated heterocycles. The van der Waals surface area contributed by atoms with Crippen molar-refractivity contribution in [2.75, 3.05) is 6.54 Å². The molecule has 1 aromatic rings. The van der Waals surface area contributed by atoms with E-state index in [4.69, 9.17) is 16.9 Å². The number of unbranched alkanes of at least 4 members (excludes halogenated alkanes) is 3. The summed E-state index contributed by atoms with van der Waals surface area (Å²) in [5, 5.41) is 12.4. The number of carbonyl (C=O) groups is 1. The van der Waals surface area contributed by atoms with E-state index < -0.39 is 0 Å². The Morgan fingerprint density at radius 1 is 1.30 bits per heavy atom. The first kappa shape index (κ1) is 16.3. The Hall–Kier alpha value is -1.79. The molecule has 1 aromatic carbocycles. The fourth-order valence-electron chi connectivity index (χ4n) is 1.72. The average Bonchev–Trinajstić information content (AvgIpc) is 2.46. The highest BCUT2D eigenvalue weighted by molar-refractivity contribution is 6.30. The van der Waals surface area contributed by atoms with Gasteiger partial charge in [-0.1, -0.05) is 49.9 Å². The van der Waals surface area contributed by atoms with Gasteiger partial charge in [-0.25, -0.2) is 0 Å². The van der Waals surface area contributed by atoms with Crippen molar-refractivity contribution in [2.45, 2.75) is 32.6 Å². The van der Waals surface area contributed by atoms with Gasteiger partial charge in [0.25, 0.3) is 5.91 Å². The van der Waals surface area contributed by atoms with Crippen LogP contribution in [0.2, 0.25) is 5.02 Å². The van der Waals surface area contributed by atoms with Gasteiger partial charge in [0.2, 0.25) is 0 Å². The highest BCUT2D eigenvalue weighted by Gasteiger charge is 2.07. The lowest BCUT2D eigenvalue weighted by Gasteiger charge is -2.04. The predicted molar refractivity (Wildman–Crippen MR) is 82.2 cm³/mol. The number of nitrogens with zero attached hydrogens (tertiary/aromatic N) is 1. The van der Waals surface area contributed by atoms with Gasteiger partial charge < -0.3 is 5.32 Å². The maximum atomic E-state index is 11.9. The van der Waals surface area contributed by atoms with Crippen LogP contribution in [0.25, 0.3) is 6.08 Å². The summed E-state index contributed by atoms with van der Waals surface area (Å²) in [6.07, 6.45) is 5.94. The first-order valence-electron chi connectivity index (χ1n) is 6.83. The van der Waals surface area contributed by atoms with E-state index in [0.29, 0.717) is 11.6 Å². The number of benzene rings is 1. The molecule has 4 heteroatoms. The molecule has 0 bridgehead atoms. The van der Waals surface area contributed by atoms with Crippen LogP contribution in [-0.4, -0.2) is 12.5 Å². The number of hydrogen-bond acceptors (Lipinski definition) is 2. The third-order valence-corrected chi connectivity index (χ3v) is 3.11. The second-order valence-corrected chi connectivity index (χ2v) is 4.97. The number of nitrogens with one attached hydrogen (secondary N) is 1. The molecule has 0 radical (unpaired) electrons. The van der Waals surface area contributed by atoms with Crippen molar-refractivity contribution in [1.82, 2.24) is 5.32 Å². The standard InChI is InChI=1S/C16H19ClN2O/c1-2-3-4-5-10-19-16(20)14(12-18)11-13-6-8-15(17)9-7-13/h6-9,11H,2-5,10H2,1H3,(H,19,20)/b14-11-. The summed E-state index contributed by atoms with van der Waals surface area (Å²) in [6.45, 7) is 2.75. The lowest BCUT2D eigenvalue weighted by molar-refractivity contribution is -0.117. The Bertz CT molecular complexity index is 500. The molecule has 3 nitrogen and oxygen atoms in total. The number of carbonyl (C=O) groups excluding carboxylic acids is 1. The minimum absolute atomic E-state index is 0.114. The van der Waals surface area contributed by atoms with Crippen LogP contribution in [0.15, 0.2) is 29.8 Å². The quantitative estimate of drug-likeness (QED) is 0.470. The van der Waals surface area contributed by atoms with Crippen LogP contribution < -0.4 is 5.32 Å². The van der Waals surface area contributed by atoms with Gasteiger partial charge in [0, 0.05) is 11.6 Å². The van der Waals surface area contributed by atoms with Crippen molar-refractivity contribution in [3.63, 3.8) is 0 Å². The molecule has 0 spiro atoms. The van der Waals surface area contributed by atoms with Gasteiger partial charge >= 0.3 is 0 Å². The molecule has 1 N–H and O–H groups in total. The fraction of sp³-hybridized carbons (Fsp3) is 0.375. The van der Waals surface area contributed by atoms with Gasteiger partial charge in [-0.2, -0.15) is 5.26 Å². The van der Waals surface area contributed by atoms with Crippen LogP contribution in [0.5, 0.6) is 0 Å².